The molecule has 1 N–H and O–H groups in total. The minimum Gasteiger partial charge on any atom is -0.376 e. The van der Waals surface area contributed by atoms with E-state index in [0.29, 0.717) is 5.69 Å². The number of hydrogen-bond donors (Lipinski definition) is 1. The highest BCUT2D eigenvalue weighted by Crippen LogP contribution is 2.16. The normalized spacial score (nSPS) is 10.4. The Balaban J connectivity index is 1.86. The lowest BCUT2D eigenvalue weighted by Gasteiger charge is -2.10. The van der Waals surface area contributed by atoms with E-state index < -0.39 is 11.2 Å². The molecule has 3 heterocycles. The van der Waals surface area contributed by atoms with E-state index in [4.69, 9.17) is 9.78 Å². The molecule has 0 aliphatic carbocycles. The number of nitrogens with one attached hydrogen (secondary N) is 1. The fourth-order valence-corrected chi connectivity index (χ4v) is 2.06. The van der Waals surface area contributed by atoms with Crippen molar-refractivity contribution >= 4 is 5.69 Å². The van der Waals surface area contributed by atoms with Gasteiger partial charge < -0.3 is 9.42 Å². The third-order valence-corrected chi connectivity index (χ3v) is 3.40. The van der Waals surface area contributed by atoms with E-state index in [1.54, 1.807) is 18.3 Å². The van der Waals surface area contributed by atoms with Gasteiger partial charge in [0.25, 0.3) is 5.56 Å². The first-order chi connectivity index (χ1) is 12.0. The van der Waals surface area contributed by atoms with Gasteiger partial charge in [-0.15, -0.1) is 0 Å². The van der Waals surface area contributed by atoms with Gasteiger partial charge in [0.2, 0.25) is 11.7 Å². The summed E-state index contributed by atoms with van der Waals surface area (Å²) in [4.78, 5) is 35.6. The first-order valence-corrected chi connectivity index (χ1v) is 7.18. The summed E-state index contributed by atoms with van der Waals surface area (Å²) in [7, 11) is 3.81. The van der Waals surface area contributed by atoms with Gasteiger partial charge in [-0.25, -0.2) is 4.79 Å². The van der Waals surface area contributed by atoms with Crippen LogP contribution < -0.4 is 16.1 Å². The highest BCUT2D eigenvalue weighted by Gasteiger charge is 2.12. The van der Waals surface area contributed by atoms with Crippen molar-refractivity contribution in [3.63, 3.8) is 0 Å². The smallest absolute Gasteiger partial charge is 0.328 e. The Bertz CT molecular complexity index is 1050. The Morgan fingerprint density at radius 2 is 2.16 bits per heavy atom. The molecule has 0 atom stereocenters. The van der Waals surface area contributed by atoms with E-state index in [-0.39, 0.29) is 23.8 Å². The fraction of sp³-hybridized carbons (Fsp3) is 0.200. The van der Waals surface area contributed by atoms with Crippen LogP contribution in [0, 0.1) is 11.3 Å². The van der Waals surface area contributed by atoms with Gasteiger partial charge >= 0.3 is 5.69 Å². The number of H-pyrrole nitrogens is 1. The SMILES string of the molecule is CN(C)c1ccc(-c2noc(Cn3cc(C#N)c(=O)[nH]c3=O)n2)nc1. The zero-order valence-corrected chi connectivity index (χ0v) is 13.4. The van der Waals surface area contributed by atoms with E-state index >= 15 is 0 Å². The standard InChI is InChI=1S/C15H13N7O3/c1-21(2)10-3-4-11(17-6-10)13-18-12(25-20-13)8-22-7-9(5-16)14(23)19-15(22)24/h3-4,6-7H,8H2,1-2H3,(H,19,23,24). The minimum atomic E-state index is -0.736. The van der Waals surface area contributed by atoms with E-state index in [1.807, 2.05) is 25.1 Å². The molecule has 0 aliphatic heterocycles. The van der Waals surface area contributed by atoms with Crippen LogP contribution in [-0.4, -0.2) is 38.8 Å². The van der Waals surface area contributed by atoms with Crippen molar-refractivity contribution in [3.8, 4) is 17.6 Å². The molecule has 10 nitrogen and oxygen atoms in total. The molecule has 0 spiro atoms. The van der Waals surface area contributed by atoms with Gasteiger partial charge in [-0.05, 0) is 12.1 Å². The second kappa shape index (κ2) is 6.40. The molecule has 0 unspecified atom stereocenters. The molecule has 0 saturated heterocycles. The average Bonchev–Trinajstić information content (AvgIpc) is 3.06. The second-order valence-electron chi connectivity index (χ2n) is 5.35. The zero-order chi connectivity index (χ0) is 18.0. The lowest BCUT2D eigenvalue weighted by Crippen LogP contribution is -2.31. The van der Waals surface area contributed by atoms with Crippen molar-refractivity contribution in [2.75, 3.05) is 19.0 Å². The van der Waals surface area contributed by atoms with Crippen molar-refractivity contribution in [1.82, 2.24) is 24.7 Å². The summed E-state index contributed by atoms with van der Waals surface area (Å²) in [6, 6.07) is 5.33. The summed E-state index contributed by atoms with van der Waals surface area (Å²) >= 11 is 0. The maximum absolute atomic E-state index is 11.8. The molecule has 0 aromatic carbocycles. The molecule has 10 heteroatoms. The van der Waals surface area contributed by atoms with Gasteiger partial charge in [-0.1, -0.05) is 5.16 Å². The van der Waals surface area contributed by atoms with Crippen LogP contribution in [0.1, 0.15) is 11.5 Å². The number of pyridine rings is 1. The van der Waals surface area contributed by atoms with Crippen LogP contribution in [-0.2, 0) is 6.54 Å². The van der Waals surface area contributed by atoms with Crippen LogP contribution in [0.4, 0.5) is 5.69 Å². The Morgan fingerprint density at radius 3 is 2.80 bits per heavy atom. The molecule has 3 aromatic heterocycles. The summed E-state index contributed by atoms with van der Waals surface area (Å²) in [5, 5.41) is 12.7. The third-order valence-electron chi connectivity index (χ3n) is 3.40. The molecular formula is C15H13N7O3. The first-order valence-electron chi connectivity index (χ1n) is 7.18. The van der Waals surface area contributed by atoms with Gasteiger partial charge in [0.1, 0.15) is 23.9 Å². The molecule has 0 amide bonds. The van der Waals surface area contributed by atoms with Gasteiger partial charge in [0, 0.05) is 20.3 Å². The molecular weight excluding hydrogens is 326 g/mol. The highest BCUT2D eigenvalue weighted by molar-refractivity contribution is 5.53. The largest absolute Gasteiger partial charge is 0.376 e. The van der Waals surface area contributed by atoms with Crippen LogP contribution in [0.3, 0.4) is 0 Å². The summed E-state index contributed by atoms with van der Waals surface area (Å²) in [5.41, 5.74) is -0.138. The summed E-state index contributed by atoms with van der Waals surface area (Å²) in [6.07, 6.45) is 2.83. The topological polar surface area (TPSA) is 134 Å². The molecule has 0 saturated carbocycles. The maximum Gasteiger partial charge on any atom is 0.328 e. The number of aromatic amines is 1. The lowest BCUT2D eigenvalue weighted by molar-refractivity contribution is 0.369. The predicted octanol–water partition coefficient (Wildman–Crippen LogP) is -0.0324. The molecule has 0 bridgehead atoms. The van der Waals surface area contributed by atoms with Crippen LogP contribution in [0.2, 0.25) is 0 Å². The third kappa shape index (κ3) is 3.30. The number of nitrogens with zero attached hydrogens (tertiary/aromatic N) is 6. The van der Waals surface area contributed by atoms with Gasteiger partial charge in [-0.2, -0.15) is 10.2 Å². The Kier molecular flexibility index (Phi) is 4.13. The van der Waals surface area contributed by atoms with Crippen molar-refractivity contribution < 1.29 is 4.52 Å². The molecule has 126 valence electrons. The van der Waals surface area contributed by atoms with E-state index in [2.05, 4.69) is 20.1 Å². The molecule has 25 heavy (non-hydrogen) atoms. The summed E-state index contributed by atoms with van der Waals surface area (Å²) < 4.78 is 6.22. The number of aromatic nitrogens is 5. The van der Waals surface area contributed by atoms with Crippen molar-refractivity contribution in [2.24, 2.45) is 0 Å². The number of anilines is 1. The monoisotopic (exact) mass is 339 g/mol. The molecule has 0 aliphatic rings. The van der Waals surface area contributed by atoms with Crippen molar-refractivity contribution in [2.45, 2.75) is 6.54 Å². The lowest BCUT2D eigenvalue weighted by atomic mass is 10.3. The molecule has 0 radical (unpaired) electrons. The van der Waals surface area contributed by atoms with Crippen LogP contribution in [0.25, 0.3) is 11.5 Å². The summed E-state index contributed by atoms with van der Waals surface area (Å²) in [5.74, 6) is 0.421. The van der Waals surface area contributed by atoms with Crippen LogP contribution in [0.5, 0.6) is 0 Å². The molecule has 0 fully saturated rings. The summed E-state index contributed by atoms with van der Waals surface area (Å²) in [6.45, 7) is -0.0763. The zero-order valence-electron chi connectivity index (χ0n) is 13.4. The quantitative estimate of drug-likeness (QED) is 0.700. The van der Waals surface area contributed by atoms with E-state index in [1.165, 1.54) is 0 Å². The Labute approximate surface area is 141 Å². The Hall–Kier alpha value is -3.74. The highest BCUT2D eigenvalue weighted by atomic mass is 16.5. The van der Waals surface area contributed by atoms with Crippen molar-refractivity contribution in [1.29, 1.82) is 5.26 Å². The molecule has 3 aromatic rings. The number of rotatable bonds is 4. The Morgan fingerprint density at radius 1 is 1.36 bits per heavy atom. The molecule has 3 rings (SSSR count). The number of hydrogen-bond acceptors (Lipinski definition) is 8. The van der Waals surface area contributed by atoms with Gasteiger partial charge in [0.15, 0.2) is 0 Å². The van der Waals surface area contributed by atoms with Gasteiger partial charge in [-0.3, -0.25) is 19.3 Å². The van der Waals surface area contributed by atoms with Crippen LogP contribution in [0.15, 0.2) is 38.6 Å². The predicted molar refractivity (Wildman–Crippen MR) is 87.0 cm³/mol. The van der Waals surface area contributed by atoms with Crippen LogP contribution >= 0.6 is 0 Å². The van der Waals surface area contributed by atoms with Gasteiger partial charge in [0.05, 0.1) is 11.9 Å². The second-order valence-corrected chi connectivity index (χ2v) is 5.35. The average molecular weight is 339 g/mol. The maximum atomic E-state index is 11.8. The fourth-order valence-electron chi connectivity index (χ4n) is 2.06. The first kappa shape index (κ1) is 16.1. The minimum absolute atomic E-state index is 0.0763. The number of nitriles is 1. The van der Waals surface area contributed by atoms with Crippen molar-refractivity contribution in [3.05, 3.63) is 56.8 Å². The van der Waals surface area contributed by atoms with E-state index in [9.17, 15) is 9.59 Å². The van der Waals surface area contributed by atoms with E-state index in [0.717, 1.165) is 16.5 Å².